The molecular formula is C31H34N2O3. The highest BCUT2D eigenvalue weighted by Crippen LogP contribution is 2.42. The van der Waals surface area contributed by atoms with Crippen LogP contribution in [-0.2, 0) is 4.79 Å². The van der Waals surface area contributed by atoms with Crippen LogP contribution in [0.4, 0.5) is 0 Å². The normalized spacial score (nSPS) is 20.0. The second-order valence-corrected chi connectivity index (χ2v) is 9.73. The van der Waals surface area contributed by atoms with Crippen LogP contribution >= 0.6 is 0 Å². The monoisotopic (exact) mass is 482 g/mol. The van der Waals surface area contributed by atoms with Gasteiger partial charge in [0.05, 0.1) is 0 Å². The smallest absolute Gasteiger partial charge is 0.216 e. The van der Waals surface area contributed by atoms with Crippen molar-refractivity contribution in [3.63, 3.8) is 0 Å². The Morgan fingerprint density at radius 1 is 0.778 bits per heavy atom. The number of hydrogen-bond donors (Lipinski definition) is 1. The van der Waals surface area contributed by atoms with Gasteiger partial charge >= 0.3 is 0 Å². The number of benzene rings is 3. The molecule has 1 saturated heterocycles. The van der Waals surface area contributed by atoms with E-state index < -0.39 is 11.8 Å². The molecule has 2 atom stereocenters. The number of aryl methyl sites for hydroxylation is 1. The molecule has 1 N–H and O–H groups in total. The van der Waals surface area contributed by atoms with E-state index in [0.717, 1.165) is 16.7 Å². The first-order chi connectivity index (χ1) is 17.4. The lowest BCUT2D eigenvalue weighted by Crippen LogP contribution is -2.52. The van der Waals surface area contributed by atoms with E-state index in [1.165, 1.54) is 6.92 Å². The van der Waals surface area contributed by atoms with Gasteiger partial charge in [-0.3, -0.25) is 14.4 Å². The van der Waals surface area contributed by atoms with Crippen LogP contribution in [0.25, 0.3) is 0 Å². The average Bonchev–Trinajstić information content (AvgIpc) is 2.90. The van der Waals surface area contributed by atoms with E-state index >= 15 is 0 Å². The topological polar surface area (TPSA) is 66.5 Å². The summed E-state index contributed by atoms with van der Waals surface area (Å²) >= 11 is 0. The molecule has 1 fully saturated rings. The SMILES string of the molecule is CC(=O)NCCN1CC(C(=O)c2ccccc2)C(c2cccc(C)c2C)C(C(=O)c2ccccc2)C1. The van der Waals surface area contributed by atoms with Crippen molar-refractivity contribution in [3.05, 3.63) is 107 Å². The highest BCUT2D eigenvalue weighted by molar-refractivity contribution is 6.02. The Balaban J connectivity index is 1.80. The quantitative estimate of drug-likeness (QED) is 0.467. The van der Waals surface area contributed by atoms with Crippen LogP contribution in [0.15, 0.2) is 78.9 Å². The lowest BCUT2D eigenvalue weighted by atomic mass is 9.67. The van der Waals surface area contributed by atoms with Gasteiger partial charge in [0.2, 0.25) is 5.91 Å². The number of piperidine rings is 1. The second-order valence-electron chi connectivity index (χ2n) is 9.73. The zero-order chi connectivity index (χ0) is 25.7. The van der Waals surface area contributed by atoms with Gasteiger partial charge in [-0.2, -0.15) is 0 Å². The van der Waals surface area contributed by atoms with Crippen LogP contribution in [0.1, 0.15) is 50.2 Å². The van der Waals surface area contributed by atoms with Crippen molar-refractivity contribution < 1.29 is 14.4 Å². The fourth-order valence-corrected chi connectivity index (χ4v) is 5.40. The minimum atomic E-state index is -0.392. The first-order valence-corrected chi connectivity index (χ1v) is 12.6. The largest absolute Gasteiger partial charge is 0.355 e. The molecule has 1 aliphatic heterocycles. The first-order valence-electron chi connectivity index (χ1n) is 12.6. The number of nitrogens with zero attached hydrogens (tertiary/aromatic N) is 1. The standard InChI is InChI=1S/C31H34N2O3/c1-21-11-10-16-26(22(21)2)29-27(30(35)24-12-6-4-7-13-24)19-33(18-17-32-23(3)34)20-28(29)31(36)25-14-8-5-9-15-25/h4-16,27-29H,17-20H2,1-3H3,(H,32,34). The summed E-state index contributed by atoms with van der Waals surface area (Å²) in [6.45, 7) is 7.77. The Morgan fingerprint density at radius 3 is 1.81 bits per heavy atom. The Morgan fingerprint density at radius 2 is 1.31 bits per heavy atom. The highest BCUT2D eigenvalue weighted by Gasteiger charge is 2.45. The molecule has 0 spiro atoms. The van der Waals surface area contributed by atoms with Crippen LogP contribution in [0.3, 0.4) is 0 Å². The molecule has 1 amide bonds. The number of likely N-dealkylation sites (tertiary alicyclic amines) is 1. The minimum Gasteiger partial charge on any atom is -0.355 e. The molecule has 0 bridgehead atoms. The molecule has 186 valence electrons. The molecule has 3 aromatic rings. The molecule has 3 aromatic carbocycles. The van der Waals surface area contributed by atoms with Crippen LogP contribution in [0.5, 0.6) is 0 Å². The van der Waals surface area contributed by atoms with E-state index in [0.29, 0.717) is 37.3 Å². The number of carbonyl (C=O) groups is 3. The first kappa shape index (κ1) is 25.5. The summed E-state index contributed by atoms with van der Waals surface area (Å²) in [5.74, 6) is -1.02. The molecule has 0 radical (unpaired) electrons. The Hall–Kier alpha value is -3.57. The number of rotatable bonds is 8. The third-order valence-electron chi connectivity index (χ3n) is 7.37. The molecule has 36 heavy (non-hydrogen) atoms. The summed E-state index contributed by atoms with van der Waals surface area (Å²) in [6.07, 6.45) is 0. The van der Waals surface area contributed by atoms with E-state index in [9.17, 15) is 14.4 Å². The summed E-state index contributed by atoms with van der Waals surface area (Å²) in [6, 6.07) is 24.9. The molecule has 1 aliphatic rings. The number of hydrogen-bond acceptors (Lipinski definition) is 4. The third kappa shape index (κ3) is 5.63. The lowest BCUT2D eigenvalue weighted by molar-refractivity contribution is -0.119. The van der Waals surface area contributed by atoms with Gasteiger partial charge in [-0.05, 0) is 30.5 Å². The van der Waals surface area contributed by atoms with Gasteiger partial charge in [-0.25, -0.2) is 0 Å². The molecule has 5 heteroatoms. The maximum absolute atomic E-state index is 14.0. The van der Waals surface area contributed by atoms with Crippen molar-refractivity contribution in [2.45, 2.75) is 26.7 Å². The maximum Gasteiger partial charge on any atom is 0.216 e. The van der Waals surface area contributed by atoms with Gasteiger partial charge in [0.25, 0.3) is 0 Å². The van der Waals surface area contributed by atoms with Crippen molar-refractivity contribution in [1.29, 1.82) is 0 Å². The van der Waals surface area contributed by atoms with Gasteiger partial charge in [0.15, 0.2) is 11.6 Å². The van der Waals surface area contributed by atoms with Gasteiger partial charge in [-0.1, -0.05) is 78.9 Å². The second kappa shape index (κ2) is 11.4. The summed E-state index contributed by atoms with van der Waals surface area (Å²) < 4.78 is 0. The summed E-state index contributed by atoms with van der Waals surface area (Å²) in [5, 5.41) is 2.85. The zero-order valence-corrected chi connectivity index (χ0v) is 21.2. The van der Waals surface area contributed by atoms with Crippen molar-refractivity contribution in [1.82, 2.24) is 10.2 Å². The maximum atomic E-state index is 14.0. The van der Waals surface area contributed by atoms with E-state index in [4.69, 9.17) is 0 Å². The summed E-state index contributed by atoms with van der Waals surface area (Å²) in [7, 11) is 0. The number of amides is 1. The number of ketones is 2. The summed E-state index contributed by atoms with van der Waals surface area (Å²) in [4.78, 5) is 41.6. The van der Waals surface area contributed by atoms with Crippen molar-refractivity contribution >= 4 is 17.5 Å². The Bertz CT molecular complexity index is 1160. The Kier molecular flexibility index (Phi) is 8.11. The highest BCUT2D eigenvalue weighted by atomic mass is 16.1. The van der Waals surface area contributed by atoms with Crippen LogP contribution < -0.4 is 5.32 Å². The Labute approximate surface area is 213 Å². The molecular weight excluding hydrogens is 448 g/mol. The van der Waals surface area contributed by atoms with E-state index in [1.807, 2.05) is 66.7 Å². The fourth-order valence-electron chi connectivity index (χ4n) is 5.40. The molecule has 1 heterocycles. The lowest BCUT2D eigenvalue weighted by Gasteiger charge is -2.43. The zero-order valence-electron chi connectivity index (χ0n) is 21.2. The molecule has 2 unspecified atom stereocenters. The van der Waals surface area contributed by atoms with E-state index in [2.05, 4.69) is 36.2 Å². The number of carbonyl (C=O) groups excluding carboxylic acids is 3. The van der Waals surface area contributed by atoms with Crippen molar-refractivity contribution in [3.8, 4) is 0 Å². The van der Waals surface area contributed by atoms with Gasteiger partial charge in [0, 0.05) is 62.0 Å². The number of nitrogens with one attached hydrogen (secondary N) is 1. The van der Waals surface area contributed by atoms with Crippen LogP contribution in [0, 0.1) is 25.7 Å². The molecule has 0 aromatic heterocycles. The van der Waals surface area contributed by atoms with Crippen molar-refractivity contribution in [2.24, 2.45) is 11.8 Å². The predicted molar refractivity (Wildman–Crippen MR) is 142 cm³/mol. The molecule has 5 nitrogen and oxygen atoms in total. The van der Waals surface area contributed by atoms with Gasteiger partial charge in [-0.15, -0.1) is 0 Å². The fraction of sp³-hybridized carbons (Fsp3) is 0.323. The minimum absolute atomic E-state index is 0.0524. The van der Waals surface area contributed by atoms with Crippen LogP contribution in [0.2, 0.25) is 0 Å². The average molecular weight is 483 g/mol. The predicted octanol–water partition coefficient (Wildman–Crippen LogP) is 4.84. The number of Topliss-reactive ketones (excluding diaryl/α,β-unsaturated/α-hetero) is 2. The third-order valence-corrected chi connectivity index (χ3v) is 7.37. The molecule has 4 rings (SSSR count). The van der Waals surface area contributed by atoms with Gasteiger partial charge in [0.1, 0.15) is 0 Å². The van der Waals surface area contributed by atoms with Crippen molar-refractivity contribution in [2.75, 3.05) is 26.2 Å². The molecule has 0 aliphatic carbocycles. The summed E-state index contributed by atoms with van der Waals surface area (Å²) in [5.41, 5.74) is 4.67. The van der Waals surface area contributed by atoms with E-state index in [1.54, 1.807) is 0 Å². The van der Waals surface area contributed by atoms with Crippen LogP contribution in [-0.4, -0.2) is 48.6 Å². The van der Waals surface area contributed by atoms with E-state index in [-0.39, 0.29) is 23.4 Å². The molecule has 0 saturated carbocycles. The van der Waals surface area contributed by atoms with Gasteiger partial charge < -0.3 is 10.2 Å².